The molecule has 3 rings (SSSR count). The van der Waals surface area contributed by atoms with Crippen LogP contribution in [0.5, 0.6) is 5.75 Å². The summed E-state index contributed by atoms with van der Waals surface area (Å²) in [5.41, 5.74) is 2.10. The lowest BCUT2D eigenvalue weighted by Gasteiger charge is -2.09. The summed E-state index contributed by atoms with van der Waals surface area (Å²) in [4.78, 5) is 8.59. The number of hydrogen-bond donors (Lipinski definition) is 1. The molecule has 0 fully saturated rings. The number of aromatic nitrogens is 2. The smallest absolute Gasteiger partial charge is 0.137 e. The molecule has 0 radical (unpaired) electrons. The molecule has 1 aromatic heterocycles. The molecule has 0 saturated heterocycles. The van der Waals surface area contributed by atoms with Gasteiger partial charge in [-0.2, -0.15) is 0 Å². The fourth-order valence-corrected chi connectivity index (χ4v) is 2.28. The molecule has 118 valence electrons. The highest BCUT2D eigenvalue weighted by Crippen LogP contribution is 2.19. The Morgan fingerprint density at radius 2 is 1.78 bits per heavy atom. The van der Waals surface area contributed by atoms with Gasteiger partial charge in [0, 0.05) is 19.0 Å². The molecule has 0 amide bonds. The fraction of sp³-hybridized carbons (Fsp3) is 0.222. The highest BCUT2D eigenvalue weighted by molar-refractivity contribution is 5.88. The first-order chi connectivity index (χ1) is 11.4. The van der Waals surface area contributed by atoms with Crippen molar-refractivity contribution >= 4 is 16.7 Å². The third kappa shape index (κ3) is 3.96. The number of ether oxygens (including phenoxy) is 2. The molecule has 2 aromatic carbocycles. The van der Waals surface area contributed by atoms with Crippen LogP contribution in [0.1, 0.15) is 5.56 Å². The van der Waals surface area contributed by atoms with E-state index in [1.54, 1.807) is 13.4 Å². The molecule has 0 bridgehead atoms. The minimum absolute atomic E-state index is 0.557. The first-order valence-electron chi connectivity index (χ1n) is 7.51. The first kappa shape index (κ1) is 15.2. The molecular formula is C18H19N3O2. The number of nitrogens with one attached hydrogen (secondary N) is 1. The molecule has 1 heterocycles. The predicted octanol–water partition coefficient (Wildman–Crippen LogP) is 3.27. The zero-order chi connectivity index (χ0) is 15.9. The van der Waals surface area contributed by atoms with Crippen molar-refractivity contribution in [2.45, 2.75) is 6.54 Å². The fourth-order valence-electron chi connectivity index (χ4n) is 2.28. The van der Waals surface area contributed by atoms with E-state index < -0.39 is 0 Å². The van der Waals surface area contributed by atoms with Crippen LogP contribution in [0.15, 0.2) is 54.9 Å². The number of fused-ring (bicyclic) bond motifs is 1. The van der Waals surface area contributed by atoms with Crippen molar-refractivity contribution in [2.24, 2.45) is 0 Å². The van der Waals surface area contributed by atoms with Crippen molar-refractivity contribution in [1.82, 2.24) is 9.97 Å². The average molecular weight is 309 g/mol. The van der Waals surface area contributed by atoms with Gasteiger partial charge >= 0.3 is 0 Å². The van der Waals surface area contributed by atoms with Crippen LogP contribution in [0.4, 0.5) is 5.82 Å². The molecule has 0 aliphatic carbocycles. The predicted molar refractivity (Wildman–Crippen MR) is 90.7 cm³/mol. The van der Waals surface area contributed by atoms with Gasteiger partial charge in [-0.1, -0.05) is 24.3 Å². The van der Waals surface area contributed by atoms with Gasteiger partial charge in [0.15, 0.2) is 0 Å². The van der Waals surface area contributed by atoms with Gasteiger partial charge in [0.2, 0.25) is 0 Å². The Morgan fingerprint density at radius 1 is 0.957 bits per heavy atom. The zero-order valence-corrected chi connectivity index (χ0v) is 13.0. The monoisotopic (exact) mass is 309 g/mol. The summed E-state index contributed by atoms with van der Waals surface area (Å²) in [6, 6.07) is 16.0. The summed E-state index contributed by atoms with van der Waals surface area (Å²) in [6.07, 6.45) is 1.58. The Bertz CT molecular complexity index is 754. The normalized spacial score (nSPS) is 10.7. The molecule has 3 aromatic rings. The highest BCUT2D eigenvalue weighted by Gasteiger charge is 2.02. The second-order valence-electron chi connectivity index (χ2n) is 5.08. The summed E-state index contributed by atoms with van der Waals surface area (Å²) in [6.45, 7) is 1.84. The van der Waals surface area contributed by atoms with E-state index >= 15 is 0 Å². The minimum Gasteiger partial charge on any atom is -0.491 e. The van der Waals surface area contributed by atoms with Gasteiger partial charge in [-0.25, -0.2) is 9.97 Å². The first-order valence-corrected chi connectivity index (χ1v) is 7.51. The molecular weight excluding hydrogens is 290 g/mol. The number of anilines is 1. The van der Waals surface area contributed by atoms with E-state index in [1.807, 2.05) is 48.5 Å². The zero-order valence-electron chi connectivity index (χ0n) is 13.0. The minimum atomic E-state index is 0.557. The third-order valence-corrected chi connectivity index (χ3v) is 3.48. The Morgan fingerprint density at radius 3 is 2.61 bits per heavy atom. The van der Waals surface area contributed by atoms with E-state index in [1.165, 1.54) is 0 Å². The van der Waals surface area contributed by atoms with Crippen LogP contribution in [0, 0.1) is 0 Å². The number of rotatable bonds is 7. The molecule has 0 saturated carbocycles. The van der Waals surface area contributed by atoms with Crippen LogP contribution >= 0.6 is 0 Å². The summed E-state index contributed by atoms with van der Waals surface area (Å²) in [7, 11) is 1.66. The highest BCUT2D eigenvalue weighted by atomic mass is 16.5. The third-order valence-electron chi connectivity index (χ3n) is 3.48. The van der Waals surface area contributed by atoms with Gasteiger partial charge in [0.1, 0.15) is 24.5 Å². The quantitative estimate of drug-likeness (QED) is 0.679. The van der Waals surface area contributed by atoms with Gasteiger partial charge < -0.3 is 14.8 Å². The maximum atomic E-state index is 5.56. The molecule has 1 N–H and O–H groups in total. The molecule has 0 atom stereocenters. The summed E-state index contributed by atoms with van der Waals surface area (Å²) in [5.74, 6) is 1.69. The number of hydrogen-bond acceptors (Lipinski definition) is 5. The number of methoxy groups -OCH3 is 1. The van der Waals surface area contributed by atoms with Gasteiger partial charge in [-0.05, 0) is 29.8 Å². The van der Waals surface area contributed by atoms with Crippen molar-refractivity contribution in [3.8, 4) is 5.75 Å². The largest absolute Gasteiger partial charge is 0.491 e. The second kappa shape index (κ2) is 7.56. The molecule has 23 heavy (non-hydrogen) atoms. The Labute approximate surface area is 135 Å². The lowest BCUT2D eigenvalue weighted by molar-refractivity contribution is 0.146. The van der Waals surface area contributed by atoms with Crippen molar-refractivity contribution in [2.75, 3.05) is 25.6 Å². The maximum absolute atomic E-state index is 5.56. The van der Waals surface area contributed by atoms with E-state index in [0.717, 1.165) is 28.0 Å². The van der Waals surface area contributed by atoms with Crippen molar-refractivity contribution < 1.29 is 9.47 Å². The molecule has 5 heteroatoms. The lowest BCUT2D eigenvalue weighted by atomic mass is 10.2. The molecule has 0 aliphatic heterocycles. The number of nitrogens with zero attached hydrogens (tertiary/aromatic N) is 2. The average Bonchev–Trinajstić information content (AvgIpc) is 2.61. The van der Waals surface area contributed by atoms with Crippen LogP contribution in [-0.2, 0) is 11.3 Å². The Kier molecular flexibility index (Phi) is 5.01. The van der Waals surface area contributed by atoms with Gasteiger partial charge in [0.05, 0.1) is 12.1 Å². The number of para-hydroxylation sites is 1. The van der Waals surface area contributed by atoms with Crippen LogP contribution < -0.4 is 10.1 Å². The summed E-state index contributed by atoms with van der Waals surface area (Å²) < 4.78 is 10.5. The van der Waals surface area contributed by atoms with Crippen LogP contribution in [0.25, 0.3) is 10.9 Å². The molecule has 5 nitrogen and oxygen atoms in total. The van der Waals surface area contributed by atoms with Gasteiger partial charge in [-0.3, -0.25) is 0 Å². The van der Waals surface area contributed by atoms with Crippen molar-refractivity contribution in [3.05, 3.63) is 60.4 Å². The van der Waals surface area contributed by atoms with Crippen molar-refractivity contribution in [1.29, 1.82) is 0 Å². The van der Waals surface area contributed by atoms with E-state index in [9.17, 15) is 0 Å². The van der Waals surface area contributed by atoms with E-state index in [2.05, 4.69) is 15.3 Å². The lowest BCUT2D eigenvalue weighted by Crippen LogP contribution is -2.05. The topological polar surface area (TPSA) is 56.3 Å². The van der Waals surface area contributed by atoms with Crippen LogP contribution in [-0.4, -0.2) is 30.3 Å². The Balaban J connectivity index is 1.63. The molecule has 0 spiro atoms. The summed E-state index contributed by atoms with van der Waals surface area (Å²) in [5, 5.41) is 4.39. The van der Waals surface area contributed by atoms with E-state index in [4.69, 9.17) is 9.47 Å². The van der Waals surface area contributed by atoms with E-state index in [0.29, 0.717) is 19.8 Å². The molecule has 0 aliphatic rings. The standard InChI is InChI=1S/C18H19N3O2/c1-22-10-11-23-15-8-6-14(7-9-15)12-19-18-16-4-2-3-5-17(16)20-13-21-18/h2-9,13H,10-12H2,1H3,(H,19,20,21). The SMILES string of the molecule is COCCOc1ccc(CNc2ncnc3ccccc23)cc1. The van der Waals surface area contributed by atoms with Gasteiger partial charge in [-0.15, -0.1) is 0 Å². The number of benzene rings is 2. The van der Waals surface area contributed by atoms with Crippen LogP contribution in [0.2, 0.25) is 0 Å². The Hall–Kier alpha value is -2.66. The molecule has 0 unspecified atom stereocenters. The van der Waals surface area contributed by atoms with Crippen molar-refractivity contribution in [3.63, 3.8) is 0 Å². The van der Waals surface area contributed by atoms with Gasteiger partial charge in [0.25, 0.3) is 0 Å². The summed E-state index contributed by atoms with van der Waals surface area (Å²) >= 11 is 0. The maximum Gasteiger partial charge on any atom is 0.137 e. The van der Waals surface area contributed by atoms with Crippen LogP contribution in [0.3, 0.4) is 0 Å². The second-order valence-corrected chi connectivity index (χ2v) is 5.08. The van der Waals surface area contributed by atoms with E-state index in [-0.39, 0.29) is 0 Å².